The van der Waals surface area contributed by atoms with Crippen LogP contribution in [-0.2, 0) is 9.53 Å². The van der Waals surface area contributed by atoms with E-state index in [-0.39, 0.29) is 6.54 Å². The van der Waals surface area contributed by atoms with Crippen LogP contribution in [0, 0.1) is 5.92 Å². The first-order valence-electron chi connectivity index (χ1n) is 6.09. The van der Waals surface area contributed by atoms with Gasteiger partial charge >= 0.3 is 12.1 Å². The molecular weight excluding hydrogens is 238 g/mol. The number of carbonyl (C=O) groups excluding carboxylic acids is 1. The number of rotatable bonds is 1. The Bertz CT molecular complexity index is 323. The Morgan fingerprint density at radius 1 is 1.33 bits per heavy atom. The molecule has 1 rings (SSSR count). The van der Waals surface area contributed by atoms with Crippen LogP contribution in [0.1, 0.15) is 33.6 Å². The molecule has 104 valence electrons. The maximum absolute atomic E-state index is 11.9. The van der Waals surface area contributed by atoms with Crippen molar-refractivity contribution in [2.24, 2.45) is 5.92 Å². The highest BCUT2D eigenvalue weighted by atomic mass is 16.6. The zero-order valence-corrected chi connectivity index (χ0v) is 11.0. The number of aliphatic hydroxyl groups excluding tert-OH is 1. The summed E-state index contributed by atoms with van der Waals surface area (Å²) in [7, 11) is 0. The molecule has 0 saturated carbocycles. The topological polar surface area (TPSA) is 87.1 Å². The molecule has 0 aromatic rings. The predicted molar refractivity (Wildman–Crippen MR) is 64.2 cm³/mol. The van der Waals surface area contributed by atoms with E-state index in [9.17, 15) is 14.7 Å². The van der Waals surface area contributed by atoms with Crippen LogP contribution < -0.4 is 0 Å². The average Bonchev–Trinajstić information content (AvgIpc) is 2.37. The number of carbonyl (C=O) groups is 2. The van der Waals surface area contributed by atoms with Gasteiger partial charge in [-0.15, -0.1) is 0 Å². The molecule has 0 bridgehead atoms. The molecule has 18 heavy (non-hydrogen) atoms. The van der Waals surface area contributed by atoms with E-state index in [2.05, 4.69) is 0 Å². The van der Waals surface area contributed by atoms with E-state index in [1.807, 2.05) is 0 Å². The monoisotopic (exact) mass is 259 g/mol. The van der Waals surface area contributed by atoms with E-state index < -0.39 is 29.7 Å². The molecule has 0 aromatic carbocycles. The van der Waals surface area contributed by atoms with Gasteiger partial charge in [0.15, 0.2) is 0 Å². The number of aliphatic carboxylic acids is 1. The smallest absolute Gasteiger partial charge is 0.410 e. The van der Waals surface area contributed by atoms with Crippen molar-refractivity contribution in [1.29, 1.82) is 0 Å². The van der Waals surface area contributed by atoms with Crippen molar-refractivity contribution >= 4 is 12.1 Å². The Labute approximate surface area is 107 Å². The second-order valence-corrected chi connectivity index (χ2v) is 5.58. The molecule has 0 spiro atoms. The van der Waals surface area contributed by atoms with Crippen molar-refractivity contribution in [3.8, 4) is 0 Å². The van der Waals surface area contributed by atoms with E-state index in [0.717, 1.165) is 0 Å². The van der Waals surface area contributed by atoms with Gasteiger partial charge < -0.3 is 19.8 Å². The quantitative estimate of drug-likeness (QED) is 0.735. The summed E-state index contributed by atoms with van der Waals surface area (Å²) in [6, 6.07) is 0. The summed E-state index contributed by atoms with van der Waals surface area (Å²) >= 11 is 0. The normalized spacial score (nSPS) is 25.4. The largest absolute Gasteiger partial charge is 0.481 e. The molecule has 0 aliphatic carbocycles. The highest BCUT2D eigenvalue weighted by Crippen LogP contribution is 2.19. The molecule has 1 aliphatic rings. The van der Waals surface area contributed by atoms with Gasteiger partial charge in [-0.1, -0.05) is 0 Å². The maximum atomic E-state index is 11.9. The molecule has 6 nitrogen and oxygen atoms in total. The first-order valence-corrected chi connectivity index (χ1v) is 6.09. The summed E-state index contributed by atoms with van der Waals surface area (Å²) < 4.78 is 5.21. The Morgan fingerprint density at radius 2 is 1.94 bits per heavy atom. The molecule has 2 unspecified atom stereocenters. The van der Waals surface area contributed by atoms with Crippen molar-refractivity contribution in [2.75, 3.05) is 13.1 Å². The molecule has 0 radical (unpaired) electrons. The summed E-state index contributed by atoms with van der Waals surface area (Å²) in [4.78, 5) is 24.3. The summed E-state index contributed by atoms with van der Waals surface area (Å²) in [6.07, 6.45) is -0.474. The highest BCUT2D eigenvalue weighted by Gasteiger charge is 2.34. The molecule has 1 heterocycles. The first kappa shape index (κ1) is 14.8. The van der Waals surface area contributed by atoms with E-state index in [1.165, 1.54) is 4.90 Å². The zero-order valence-electron chi connectivity index (χ0n) is 11.0. The van der Waals surface area contributed by atoms with Crippen LogP contribution in [0.2, 0.25) is 0 Å². The number of aliphatic hydroxyl groups is 1. The van der Waals surface area contributed by atoms with Gasteiger partial charge in [0, 0.05) is 13.1 Å². The molecule has 1 aliphatic heterocycles. The van der Waals surface area contributed by atoms with E-state index in [1.54, 1.807) is 20.8 Å². The van der Waals surface area contributed by atoms with Gasteiger partial charge in [-0.25, -0.2) is 4.79 Å². The fourth-order valence-corrected chi connectivity index (χ4v) is 1.88. The number of carboxylic acids is 1. The third kappa shape index (κ3) is 4.18. The minimum Gasteiger partial charge on any atom is -0.481 e. The van der Waals surface area contributed by atoms with Crippen LogP contribution >= 0.6 is 0 Å². The third-order valence-corrected chi connectivity index (χ3v) is 2.78. The number of amides is 1. The van der Waals surface area contributed by atoms with Crippen LogP contribution in [0.5, 0.6) is 0 Å². The predicted octanol–water partition coefficient (Wildman–Crippen LogP) is 1.08. The first-order chi connectivity index (χ1) is 8.20. The van der Waals surface area contributed by atoms with Crippen LogP contribution in [-0.4, -0.2) is 52.0 Å². The standard InChI is InChI=1S/C12H21NO5/c1-12(2,3)18-11(17)13-6-4-5-9(14)8(7-13)10(15)16/h8-9,14H,4-7H2,1-3H3,(H,15,16). The Morgan fingerprint density at radius 3 is 2.44 bits per heavy atom. The van der Waals surface area contributed by atoms with Crippen LogP contribution in [0.3, 0.4) is 0 Å². The van der Waals surface area contributed by atoms with Gasteiger partial charge in [-0.2, -0.15) is 0 Å². The number of carboxylic acid groups (broad SMARTS) is 1. The average molecular weight is 259 g/mol. The SMILES string of the molecule is CC(C)(C)OC(=O)N1CCCC(O)C(C(=O)O)C1. The molecule has 1 saturated heterocycles. The summed E-state index contributed by atoms with van der Waals surface area (Å²) in [5.74, 6) is -2.03. The molecule has 2 atom stereocenters. The lowest BCUT2D eigenvalue weighted by Crippen LogP contribution is -2.42. The van der Waals surface area contributed by atoms with Gasteiger partial charge in [-0.05, 0) is 33.6 Å². The van der Waals surface area contributed by atoms with Gasteiger partial charge in [0.05, 0.1) is 6.10 Å². The van der Waals surface area contributed by atoms with Crippen molar-refractivity contribution in [3.63, 3.8) is 0 Å². The second kappa shape index (κ2) is 5.56. The molecule has 0 aromatic heterocycles. The molecule has 1 amide bonds. The molecule has 2 N–H and O–H groups in total. The summed E-state index contributed by atoms with van der Waals surface area (Å²) in [6.45, 7) is 5.67. The van der Waals surface area contributed by atoms with Gasteiger partial charge in [-0.3, -0.25) is 4.79 Å². The van der Waals surface area contributed by atoms with Gasteiger partial charge in [0.1, 0.15) is 11.5 Å². The number of nitrogens with zero attached hydrogens (tertiary/aromatic N) is 1. The van der Waals surface area contributed by atoms with Crippen molar-refractivity contribution in [2.45, 2.75) is 45.3 Å². The van der Waals surface area contributed by atoms with Crippen LogP contribution in [0.25, 0.3) is 0 Å². The lowest BCUT2D eigenvalue weighted by Gasteiger charge is -2.27. The number of likely N-dealkylation sites (tertiary alicyclic amines) is 1. The van der Waals surface area contributed by atoms with Crippen molar-refractivity contribution in [3.05, 3.63) is 0 Å². The summed E-state index contributed by atoms with van der Waals surface area (Å²) in [5.41, 5.74) is -0.610. The zero-order chi connectivity index (χ0) is 13.9. The van der Waals surface area contributed by atoms with Crippen LogP contribution in [0.4, 0.5) is 4.79 Å². The van der Waals surface area contributed by atoms with Gasteiger partial charge in [0.25, 0.3) is 0 Å². The minimum absolute atomic E-state index is 0.00852. The lowest BCUT2D eigenvalue weighted by atomic mass is 10.0. The summed E-state index contributed by atoms with van der Waals surface area (Å²) in [5, 5.41) is 18.7. The number of hydrogen-bond donors (Lipinski definition) is 2. The van der Waals surface area contributed by atoms with E-state index in [4.69, 9.17) is 9.84 Å². The third-order valence-electron chi connectivity index (χ3n) is 2.78. The second-order valence-electron chi connectivity index (χ2n) is 5.58. The lowest BCUT2D eigenvalue weighted by molar-refractivity contribution is -0.146. The number of hydrogen-bond acceptors (Lipinski definition) is 4. The minimum atomic E-state index is -1.09. The maximum Gasteiger partial charge on any atom is 0.410 e. The van der Waals surface area contributed by atoms with Gasteiger partial charge in [0.2, 0.25) is 0 Å². The number of ether oxygens (including phenoxy) is 1. The molecule has 6 heteroatoms. The van der Waals surface area contributed by atoms with E-state index >= 15 is 0 Å². The Hall–Kier alpha value is -1.30. The Balaban J connectivity index is 2.71. The van der Waals surface area contributed by atoms with E-state index in [0.29, 0.717) is 19.4 Å². The fraction of sp³-hybridized carbons (Fsp3) is 0.833. The fourth-order valence-electron chi connectivity index (χ4n) is 1.88. The van der Waals surface area contributed by atoms with Crippen molar-refractivity contribution in [1.82, 2.24) is 4.90 Å². The Kier molecular flexibility index (Phi) is 4.56. The van der Waals surface area contributed by atoms with Crippen molar-refractivity contribution < 1.29 is 24.5 Å². The highest BCUT2D eigenvalue weighted by molar-refractivity contribution is 5.73. The molecular formula is C12H21NO5. The molecule has 1 fully saturated rings. The van der Waals surface area contributed by atoms with Crippen LogP contribution in [0.15, 0.2) is 0 Å².